The number of nitrogens with zero attached hydrogens (tertiary/aromatic N) is 2. The summed E-state index contributed by atoms with van der Waals surface area (Å²) < 4.78 is 0. The number of anilines is 1. The van der Waals surface area contributed by atoms with Crippen LogP contribution in [0.25, 0.3) is 0 Å². The molecular weight excluding hydrogens is 250 g/mol. The van der Waals surface area contributed by atoms with Crippen LogP contribution in [-0.4, -0.2) is 27.2 Å². The van der Waals surface area contributed by atoms with Gasteiger partial charge in [0, 0.05) is 6.54 Å². The standard InChI is InChI=1S/C13H20ClN3O/c1-2-10-3-5-13(18,6-4-10)9-16-12-8-15-7-11(14)17-12/h7-8,10,18H,2-6,9H2,1H3,(H,16,17). The van der Waals surface area contributed by atoms with E-state index in [4.69, 9.17) is 11.6 Å². The van der Waals surface area contributed by atoms with Gasteiger partial charge in [0.2, 0.25) is 0 Å². The van der Waals surface area contributed by atoms with Crippen molar-refractivity contribution in [1.82, 2.24) is 9.97 Å². The average Bonchev–Trinajstić information content (AvgIpc) is 2.38. The van der Waals surface area contributed by atoms with Crippen LogP contribution in [0.4, 0.5) is 5.82 Å². The maximum atomic E-state index is 10.5. The first-order valence-corrected chi connectivity index (χ1v) is 6.93. The number of nitrogens with one attached hydrogen (secondary N) is 1. The molecule has 2 N–H and O–H groups in total. The third kappa shape index (κ3) is 3.56. The second kappa shape index (κ2) is 5.85. The second-order valence-corrected chi connectivity index (χ2v) is 5.54. The zero-order valence-electron chi connectivity index (χ0n) is 10.7. The molecule has 1 aliphatic carbocycles. The minimum absolute atomic E-state index is 0.363. The highest BCUT2D eigenvalue weighted by molar-refractivity contribution is 6.29. The molecule has 0 aromatic carbocycles. The fraction of sp³-hybridized carbons (Fsp3) is 0.692. The molecule has 1 aliphatic rings. The van der Waals surface area contributed by atoms with Crippen molar-refractivity contribution in [2.24, 2.45) is 5.92 Å². The first kappa shape index (κ1) is 13.6. The second-order valence-electron chi connectivity index (χ2n) is 5.16. The van der Waals surface area contributed by atoms with Crippen LogP contribution in [0.1, 0.15) is 39.0 Å². The smallest absolute Gasteiger partial charge is 0.149 e. The van der Waals surface area contributed by atoms with Crippen molar-refractivity contribution in [1.29, 1.82) is 0 Å². The van der Waals surface area contributed by atoms with E-state index in [1.165, 1.54) is 12.6 Å². The number of rotatable bonds is 4. The Morgan fingerprint density at radius 3 is 2.78 bits per heavy atom. The van der Waals surface area contributed by atoms with Crippen molar-refractivity contribution in [3.63, 3.8) is 0 Å². The summed E-state index contributed by atoms with van der Waals surface area (Å²) in [4.78, 5) is 8.06. The van der Waals surface area contributed by atoms with E-state index in [-0.39, 0.29) is 0 Å². The Labute approximate surface area is 113 Å². The molecule has 1 fully saturated rings. The molecule has 1 saturated carbocycles. The molecule has 0 aliphatic heterocycles. The maximum absolute atomic E-state index is 10.5. The molecule has 1 heterocycles. The Kier molecular flexibility index (Phi) is 4.40. The van der Waals surface area contributed by atoms with Crippen molar-refractivity contribution in [2.45, 2.75) is 44.6 Å². The predicted octanol–water partition coefficient (Wildman–Crippen LogP) is 2.87. The monoisotopic (exact) mass is 269 g/mol. The maximum Gasteiger partial charge on any atom is 0.149 e. The van der Waals surface area contributed by atoms with Gasteiger partial charge in [-0.2, -0.15) is 0 Å². The van der Waals surface area contributed by atoms with Gasteiger partial charge >= 0.3 is 0 Å². The van der Waals surface area contributed by atoms with E-state index in [1.807, 2.05) is 0 Å². The van der Waals surface area contributed by atoms with Crippen molar-refractivity contribution in [3.8, 4) is 0 Å². The fourth-order valence-corrected chi connectivity index (χ4v) is 2.63. The largest absolute Gasteiger partial charge is 0.388 e. The topological polar surface area (TPSA) is 58.0 Å². The van der Waals surface area contributed by atoms with Crippen LogP contribution in [-0.2, 0) is 0 Å². The highest BCUT2D eigenvalue weighted by atomic mass is 35.5. The minimum atomic E-state index is -0.615. The molecule has 0 spiro atoms. The summed E-state index contributed by atoms with van der Waals surface area (Å²) in [5, 5.41) is 14.0. The van der Waals surface area contributed by atoms with Crippen LogP contribution in [0.3, 0.4) is 0 Å². The van der Waals surface area contributed by atoms with E-state index in [1.54, 1.807) is 6.20 Å². The van der Waals surface area contributed by atoms with Crippen LogP contribution in [0.15, 0.2) is 12.4 Å². The summed E-state index contributed by atoms with van der Waals surface area (Å²) in [7, 11) is 0. The SMILES string of the molecule is CCC1CCC(O)(CNc2cncc(Cl)n2)CC1. The quantitative estimate of drug-likeness (QED) is 0.882. The highest BCUT2D eigenvalue weighted by Crippen LogP contribution is 2.33. The van der Waals surface area contributed by atoms with Gasteiger partial charge in [-0.3, -0.25) is 4.98 Å². The number of halogens is 1. The highest BCUT2D eigenvalue weighted by Gasteiger charge is 2.32. The summed E-state index contributed by atoms with van der Waals surface area (Å²) in [5.41, 5.74) is -0.615. The molecule has 0 amide bonds. The Morgan fingerprint density at radius 2 is 2.17 bits per heavy atom. The van der Waals surface area contributed by atoms with Crippen molar-refractivity contribution >= 4 is 17.4 Å². The molecule has 1 aromatic heterocycles. The summed E-state index contributed by atoms with van der Waals surface area (Å²) in [6.45, 7) is 2.73. The molecule has 0 bridgehead atoms. The number of hydrogen-bond acceptors (Lipinski definition) is 4. The molecule has 0 unspecified atom stereocenters. The van der Waals surface area contributed by atoms with E-state index < -0.39 is 5.60 Å². The van der Waals surface area contributed by atoms with Crippen molar-refractivity contribution < 1.29 is 5.11 Å². The molecule has 0 atom stereocenters. The Balaban J connectivity index is 1.86. The van der Waals surface area contributed by atoms with Crippen LogP contribution in [0, 0.1) is 5.92 Å². The van der Waals surface area contributed by atoms with Gasteiger partial charge in [0.25, 0.3) is 0 Å². The Morgan fingerprint density at radius 1 is 1.44 bits per heavy atom. The van der Waals surface area contributed by atoms with Gasteiger partial charge in [-0.1, -0.05) is 24.9 Å². The normalized spacial score (nSPS) is 28.1. The predicted molar refractivity (Wildman–Crippen MR) is 72.7 cm³/mol. The zero-order chi connectivity index (χ0) is 13.0. The number of hydrogen-bond donors (Lipinski definition) is 2. The lowest BCUT2D eigenvalue weighted by Crippen LogP contribution is -2.40. The lowest BCUT2D eigenvalue weighted by Gasteiger charge is -2.35. The van der Waals surface area contributed by atoms with Crippen molar-refractivity contribution in [3.05, 3.63) is 17.5 Å². The van der Waals surface area contributed by atoms with Gasteiger partial charge in [0.05, 0.1) is 18.0 Å². The lowest BCUT2D eigenvalue weighted by molar-refractivity contribution is 0.00222. The van der Waals surface area contributed by atoms with Gasteiger partial charge in [0.1, 0.15) is 11.0 Å². The first-order valence-electron chi connectivity index (χ1n) is 6.55. The Bertz CT molecular complexity index is 392. The van der Waals surface area contributed by atoms with E-state index in [2.05, 4.69) is 22.2 Å². The number of aliphatic hydroxyl groups is 1. The summed E-state index contributed by atoms with van der Waals surface area (Å²) in [6, 6.07) is 0. The number of aromatic nitrogens is 2. The molecule has 2 rings (SSSR count). The fourth-order valence-electron chi connectivity index (χ4n) is 2.48. The van der Waals surface area contributed by atoms with Crippen LogP contribution < -0.4 is 5.32 Å². The van der Waals surface area contributed by atoms with Gasteiger partial charge in [-0.25, -0.2) is 4.98 Å². The first-order chi connectivity index (χ1) is 8.61. The summed E-state index contributed by atoms with van der Waals surface area (Å²) >= 11 is 5.76. The molecule has 100 valence electrons. The Hall–Kier alpha value is -0.870. The molecule has 1 aromatic rings. The van der Waals surface area contributed by atoms with Gasteiger partial charge in [0.15, 0.2) is 0 Å². The molecule has 0 radical (unpaired) electrons. The molecule has 4 nitrogen and oxygen atoms in total. The van der Waals surface area contributed by atoms with Gasteiger partial charge in [-0.05, 0) is 31.6 Å². The van der Waals surface area contributed by atoms with Gasteiger partial charge in [-0.15, -0.1) is 0 Å². The third-order valence-corrected chi connectivity index (χ3v) is 4.00. The van der Waals surface area contributed by atoms with Crippen molar-refractivity contribution in [2.75, 3.05) is 11.9 Å². The van der Waals surface area contributed by atoms with E-state index in [9.17, 15) is 5.11 Å². The van der Waals surface area contributed by atoms with Crippen LogP contribution >= 0.6 is 11.6 Å². The van der Waals surface area contributed by atoms with Crippen LogP contribution in [0.5, 0.6) is 0 Å². The molecule has 5 heteroatoms. The van der Waals surface area contributed by atoms with Crippen LogP contribution in [0.2, 0.25) is 5.15 Å². The lowest BCUT2D eigenvalue weighted by atomic mass is 9.78. The van der Waals surface area contributed by atoms with E-state index in [0.717, 1.165) is 31.6 Å². The minimum Gasteiger partial charge on any atom is -0.388 e. The zero-order valence-corrected chi connectivity index (χ0v) is 11.5. The molecule has 0 saturated heterocycles. The van der Waals surface area contributed by atoms with Gasteiger partial charge < -0.3 is 10.4 Å². The van der Waals surface area contributed by atoms with E-state index in [0.29, 0.717) is 17.5 Å². The third-order valence-electron chi connectivity index (χ3n) is 3.82. The molecule has 18 heavy (non-hydrogen) atoms. The summed E-state index contributed by atoms with van der Waals surface area (Å²) in [6.07, 6.45) is 8.24. The summed E-state index contributed by atoms with van der Waals surface area (Å²) in [5.74, 6) is 1.39. The van der Waals surface area contributed by atoms with E-state index >= 15 is 0 Å². The average molecular weight is 270 g/mol. The molecular formula is C13H20ClN3O.